The molecule has 0 aliphatic carbocycles. The zero-order chi connectivity index (χ0) is 11.1. The molecule has 1 atom stereocenters. The van der Waals surface area contributed by atoms with Gasteiger partial charge >= 0.3 is 0 Å². The quantitative estimate of drug-likeness (QED) is 0.768. The van der Waals surface area contributed by atoms with Crippen LogP contribution in [-0.2, 0) is 6.42 Å². The molecule has 1 aromatic rings. The number of hydrogen-bond acceptors (Lipinski definition) is 3. The van der Waals surface area contributed by atoms with Crippen LogP contribution < -0.4 is 10.2 Å². The first kappa shape index (κ1) is 9.63. The molecule has 3 nitrogen and oxygen atoms in total. The summed E-state index contributed by atoms with van der Waals surface area (Å²) in [6.07, 6.45) is 0.713. The van der Waals surface area contributed by atoms with E-state index in [1.54, 1.807) is 6.07 Å². The van der Waals surface area contributed by atoms with E-state index in [2.05, 4.69) is 15.2 Å². The van der Waals surface area contributed by atoms with Gasteiger partial charge in [0.25, 0.3) is 0 Å². The summed E-state index contributed by atoms with van der Waals surface area (Å²) in [6, 6.07) is 5.43. The van der Waals surface area contributed by atoms with Crippen LogP contribution in [0.5, 0.6) is 0 Å². The van der Waals surface area contributed by atoms with E-state index in [0.717, 1.165) is 30.2 Å². The number of amidine groups is 1. The molecule has 2 aliphatic heterocycles. The van der Waals surface area contributed by atoms with Gasteiger partial charge in [-0.15, -0.1) is 0 Å². The third-order valence-electron chi connectivity index (χ3n) is 3.35. The number of nitrogens with one attached hydrogen (secondary N) is 1. The van der Waals surface area contributed by atoms with Crippen molar-refractivity contribution < 1.29 is 4.39 Å². The Bertz CT molecular complexity index is 456. The smallest absolute Gasteiger partial charge is 0.128 e. The Balaban J connectivity index is 1.97. The van der Waals surface area contributed by atoms with Gasteiger partial charge in [0.15, 0.2) is 0 Å². The van der Waals surface area contributed by atoms with Crippen LogP contribution in [0, 0.1) is 5.82 Å². The molecule has 16 heavy (non-hydrogen) atoms. The number of aliphatic imine (C=N–C) groups is 1. The lowest BCUT2D eigenvalue weighted by molar-refractivity contribution is 0.613. The molecule has 84 valence electrons. The molecule has 0 amide bonds. The molecule has 0 bridgehead atoms. The summed E-state index contributed by atoms with van der Waals surface area (Å²) in [6.45, 7) is 1.73. The van der Waals surface area contributed by atoms with E-state index in [1.807, 2.05) is 13.1 Å². The summed E-state index contributed by atoms with van der Waals surface area (Å²) in [5.74, 6) is 0.892. The fourth-order valence-electron chi connectivity index (χ4n) is 2.50. The van der Waals surface area contributed by atoms with Crippen LogP contribution in [-0.4, -0.2) is 32.0 Å². The lowest BCUT2D eigenvalue weighted by Gasteiger charge is -2.22. The van der Waals surface area contributed by atoms with E-state index in [0.29, 0.717) is 6.42 Å². The van der Waals surface area contributed by atoms with Crippen molar-refractivity contribution >= 4 is 11.5 Å². The van der Waals surface area contributed by atoms with Gasteiger partial charge in [-0.1, -0.05) is 6.07 Å². The fourth-order valence-corrected chi connectivity index (χ4v) is 2.50. The van der Waals surface area contributed by atoms with Crippen LogP contribution in [0.25, 0.3) is 0 Å². The average molecular weight is 219 g/mol. The van der Waals surface area contributed by atoms with Crippen LogP contribution in [0.4, 0.5) is 10.1 Å². The normalized spacial score (nSPS) is 23.0. The number of likely N-dealkylation sites (N-methyl/N-ethyl adjacent to an activating group) is 1. The highest BCUT2D eigenvalue weighted by molar-refractivity contribution is 5.93. The second-order valence-corrected chi connectivity index (χ2v) is 4.26. The molecule has 2 heterocycles. The van der Waals surface area contributed by atoms with E-state index in [4.69, 9.17) is 0 Å². The number of benzene rings is 1. The zero-order valence-electron chi connectivity index (χ0n) is 9.20. The van der Waals surface area contributed by atoms with Crippen molar-refractivity contribution in [2.45, 2.75) is 12.5 Å². The van der Waals surface area contributed by atoms with Crippen molar-refractivity contribution in [3.63, 3.8) is 0 Å². The highest BCUT2D eigenvalue weighted by atomic mass is 19.1. The monoisotopic (exact) mass is 219 g/mol. The maximum Gasteiger partial charge on any atom is 0.128 e. The van der Waals surface area contributed by atoms with Gasteiger partial charge in [-0.2, -0.15) is 0 Å². The molecule has 1 aromatic carbocycles. The van der Waals surface area contributed by atoms with Crippen LogP contribution in [0.15, 0.2) is 23.2 Å². The minimum atomic E-state index is -0.106. The number of rotatable bonds is 1. The fraction of sp³-hybridized carbons (Fsp3) is 0.417. The van der Waals surface area contributed by atoms with Crippen molar-refractivity contribution in [1.82, 2.24) is 5.32 Å². The van der Waals surface area contributed by atoms with E-state index in [1.165, 1.54) is 6.07 Å². The first-order valence-corrected chi connectivity index (χ1v) is 5.56. The van der Waals surface area contributed by atoms with Crippen molar-refractivity contribution in [2.24, 2.45) is 4.99 Å². The molecule has 0 aromatic heterocycles. The largest absolute Gasteiger partial charge is 0.370 e. The van der Waals surface area contributed by atoms with Crippen molar-refractivity contribution in [3.8, 4) is 0 Å². The van der Waals surface area contributed by atoms with E-state index in [9.17, 15) is 4.39 Å². The molecule has 2 aliphatic rings. The van der Waals surface area contributed by atoms with Gasteiger partial charge in [-0.25, -0.2) is 4.39 Å². The summed E-state index contributed by atoms with van der Waals surface area (Å²) in [5.41, 5.74) is 1.80. The maximum atomic E-state index is 13.6. The molecule has 1 N–H and O–H groups in total. The van der Waals surface area contributed by atoms with Crippen LogP contribution >= 0.6 is 0 Å². The zero-order valence-corrected chi connectivity index (χ0v) is 9.20. The first-order valence-electron chi connectivity index (χ1n) is 5.56. The lowest BCUT2D eigenvalue weighted by Crippen LogP contribution is -2.41. The molecular formula is C12H14FN3. The molecule has 0 radical (unpaired) electrons. The SMILES string of the molecule is CN1c2cccc(F)c2CC1C1=NCCN1. The van der Waals surface area contributed by atoms with Crippen molar-refractivity contribution in [2.75, 3.05) is 25.0 Å². The Morgan fingerprint density at radius 1 is 1.50 bits per heavy atom. The molecule has 0 spiro atoms. The van der Waals surface area contributed by atoms with Gasteiger partial charge in [0.05, 0.1) is 12.6 Å². The standard InChI is InChI=1S/C12H14FN3/c1-16-10-4-2-3-9(13)8(10)7-11(16)12-14-5-6-15-12/h2-4,11H,5-7H2,1H3,(H,14,15). The molecule has 0 fully saturated rings. The van der Waals surface area contributed by atoms with E-state index < -0.39 is 0 Å². The molecule has 3 rings (SSSR count). The third-order valence-corrected chi connectivity index (χ3v) is 3.35. The average Bonchev–Trinajstić information content (AvgIpc) is 2.88. The van der Waals surface area contributed by atoms with Gasteiger partial charge in [0, 0.05) is 31.3 Å². The maximum absolute atomic E-state index is 13.6. The molecule has 4 heteroatoms. The Kier molecular flexibility index (Phi) is 2.09. The van der Waals surface area contributed by atoms with Gasteiger partial charge in [-0.3, -0.25) is 4.99 Å². The first-order chi connectivity index (χ1) is 7.77. The minimum absolute atomic E-state index is 0.106. The second-order valence-electron chi connectivity index (χ2n) is 4.26. The molecule has 1 unspecified atom stereocenters. The molecular weight excluding hydrogens is 205 g/mol. The number of halogens is 1. The highest BCUT2D eigenvalue weighted by Crippen LogP contribution is 2.33. The summed E-state index contributed by atoms with van der Waals surface area (Å²) in [4.78, 5) is 6.53. The topological polar surface area (TPSA) is 27.6 Å². The van der Waals surface area contributed by atoms with E-state index in [-0.39, 0.29) is 11.9 Å². The van der Waals surface area contributed by atoms with Gasteiger partial charge < -0.3 is 10.2 Å². The molecule has 0 saturated carbocycles. The number of fused-ring (bicyclic) bond motifs is 1. The van der Waals surface area contributed by atoms with Crippen molar-refractivity contribution in [3.05, 3.63) is 29.6 Å². The summed E-state index contributed by atoms with van der Waals surface area (Å²) in [7, 11) is 2.00. The summed E-state index contributed by atoms with van der Waals surface area (Å²) in [5, 5.41) is 3.27. The Hall–Kier alpha value is -1.58. The van der Waals surface area contributed by atoms with Crippen LogP contribution in [0.2, 0.25) is 0 Å². The molecule has 0 saturated heterocycles. The van der Waals surface area contributed by atoms with E-state index >= 15 is 0 Å². The Labute approximate surface area is 94.0 Å². The van der Waals surface area contributed by atoms with Crippen LogP contribution in [0.3, 0.4) is 0 Å². The number of nitrogens with zero attached hydrogens (tertiary/aromatic N) is 2. The van der Waals surface area contributed by atoms with Gasteiger partial charge in [0.2, 0.25) is 0 Å². The second kappa shape index (κ2) is 3.47. The predicted molar refractivity (Wildman–Crippen MR) is 62.6 cm³/mol. The predicted octanol–water partition coefficient (Wildman–Crippen LogP) is 1.19. The van der Waals surface area contributed by atoms with Gasteiger partial charge in [-0.05, 0) is 12.1 Å². The highest BCUT2D eigenvalue weighted by Gasteiger charge is 2.32. The lowest BCUT2D eigenvalue weighted by atomic mass is 10.1. The summed E-state index contributed by atoms with van der Waals surface area (Å²) < 4.78 is 13.6. The number of hydrogen-bond donors (Lipinski definition) is 1. The number of anilines is 1. The summed E-state index contributed by atoms with van der Waals surface area (Å²) >= 11 is 0. The Morgan fingerprint density at radius 2 is 2.38 bits per heavy atom. The van der Waals surface area contributed by atoms with Crippen molar-refractivity contribution in [1.29, 1.82) is 0 Å². The minimum Gasteiger partial charge on any atom is -0.370 e. The van der Waals surface area contributed by atoms with Gasteiger partial charge in [0.1, 0.15) is 11.7 Å². The Morgan fingerprint density at radius 3 is 3.06 bits per heavy atom. The van der Waals surface area contributed by atoms with Crippen LogP contribution in [0.1, 0.15) is 5.56 Å². The third kappa shape index (κ3) is 1.29.